The monoisotopic (exact) mass is 394 g/mol. The minimum atomic E-state index is -0.748. The van der Waals surface area contributed by atoms with Gasteiger partial charge in [0.05, 0.1) is 21.1 Å². The molecule has 0 spiro atoms. The number of anilines is 1. The number of carboxylic acids is 1. The second kappa shape index (κ2) is 8.10. The van der Waals surface area contributed by atoms with Crippen LogP contribution in [0.15, 0.2) is 48.5 Å². The molecule has 0 radical (unpaired) electrons. The molecule has 1 aliphatic carbocycles. The van der Waals surface area contributed by atoms with Crippen LogP contribution in [0.2, 0.25) is 0 Å². The Morgan fingerprint density at radius 3 is 2.36 bits per heavy atom. The van der Waals surface area contributed by atoms with Gasteiger partial charge in [-0.25, -0.2) is 4.98 Å². The second-order valence-electron chi connectivity index (χ2n) is 7.33. The van der Waals surface area contributed by atoms with Gasteiger partial charge in [-0.2, -0.15) is 0 Å². The number of hydrogen-bond donors (Lipinski definition) is 2. The van der Waals surface area contributed by atoms with Crippen molar-refractivity contribution < 1.29 is 14.7 Å². The highest BCUT2D eigenvalue weighted by molar-refractivity contribution is 7.18. The Morgan fingerprint density at radius 2 is 1.68 bits per heavy atom. The van der Waals surface area contributed by atoms with E-state index in [1.54, 1.807) is 11.3 Å². The predicted octanol–water partition coefficient (Wildman–Crippen LogP) is 4.72. The van der Waals surface area contributed by atoms with Crippen LogP contribution in [0, 0.1) is 11.8 Å². The fraction of sp³-hybridized carbons (Fsp3) is 0.318. The van der Waals surface area contributed by atoms with Crippen molar-refractivity contribution in [2.24, 2.45) is 11.8 Å². The first kappa shape index (κ1) is 18.6. The van der Waals surface area contributed by atoms with Gasteiger partial charge in [-0.05, 0) is 55.5 Å². The van der Waals surface area contributed by atoms with E-state index in [1.807, 2.05) is 42.5 Å². The normalized spacial score (nSPS) is 19.4. The van der Waals surface area contributed by atoms with E-state index in [0.29, 0.717) is 25.7 Å². The highest BCUT2D eigenvalue weighted by atomic mass is 32.1. The van der Waals surface area contributed by atoms with Gasteiger partial charge in [-0.1, -0.05) is 24.3 Å². The van der Waals surface area contributed by atoms with Gasteiger partial charge in [0.15, 0.2) is 0 Å². The number of carboxylic acid groups (broad SMARTS) is 1. The van der Waals surface area contributed by atoms with Crippen molar-refractivity contribution in [3.05, 3.63) is 59.1 Å². The Bertz CT molecular complexity index is 955. The van der Waals surface area contributed by atoms with Crippen LogP contribution in [-0.2, 0) is 16.0 Å². The molecule has 0 unspecified atom stereocenters. The maximum Gasteiger partial charge on any atom is 0.306 e. The molecular weight excluding hydrogens is 372 g/mol. The summed E-state index contributed by atoms with van der Waals surface area (Å²) >= 11 is 1.71. The molecule has 1 fully saturated rings. The Labute approximate surface area is 167 Å². The largest absolute Gasteiger partial charge is 0.481 e. The molecular formula is C22H22N2O3S. The van der Waals surface area contributed by atoms with E-state index in [4.69, 9.17) is 5.11 Å². The van der Waals surface area contributed by atoms with Crippen molar-refractivity contribution in [1.29, 1.82) is 0 Å². The van der Waals surface area contributed by atoms with E-state index in [0.717, 1.165) is 28.2 Å². The van der Waals surface area contributed by atoms with Gasteiger partial charge in [0.1, 0.15) is 0 Å². The number of aromatic nitrogens is 1. The molecule has 1 saturated carbocycles. The first-order valence-electron chi connectivity index (χ1n) is 9.55. The van der Waals surface area contributed by atoms with E-state index in [-0.39, 0.29) is 17.7 Å². The van der Waals surface area contributed by atoms with E-state index >= 15 is 0 Å². The quantitative estimate of drug-likeness (QED) is 0.656. The number of hydrogen-bond acceptors (Lipinski definition) is 4. The molecule has 2 aromatic carbocycles. The molecule has 28 heavy (non-hydrogen) atoms. The van der Waals surface area contributed by atoms with Crippen LogP contribution in [0.1, 0.15) is 36.3 Å². The van der Waals surface area contributed by atoms with E-state index in [9.17, 15) is 9.59 Å². The summed E-state index contributed by atoms with van der Waals surface area (Å²) in [5.74, 6) is -1.16. The number of thiazole rings is 1. The van der Waals surface area contributed by atoms with Crippen LogP contribution >= 0.6 is 11.3 Å². The Morgan fingerprint density at radius 1 is 1.00 bits per heavy atom. The summed E-state index contributed by atoms with van der Waals surface area (Å²) in [4.78, 5) is 28.1. The number of para-hydroxylation sites is 1. The molecule has 1 amide bonds. The standard InChI is InChI=1S/C22H22N2O3S/c25-21(15-7-9-16(10-8-15)22(26)27)23-17-11-5-14(6-12-17)13-20-24-18-3-1-2-4-19(18)28-20/h1-6,11-12,15-16H,7-10,13H2,(H,23,25)(H,26,27). The number of carbonyl (C=O) groups is 2. The van der Waals surface area contributed by atoms with Crippen LogP contribution in [0.3, 0.4) is 0 Å². The third-order valence-corrected chi connectivity index (χ3v) is 6.40. The zero-order chi connectivity index (χ0) is 19.5. The van der Waals surface area contributed by atoms with Crippen molar-refractivity contribution in [2.75, 3.05) is 5.32 Å². The van der Waals surface area contributed by atoms with E-state index in [2.05, 4.69) is 16.4 Å². The van der Waals surface area contributed by atoms with Gasteiger partial charge in [0.2, 0.25) is 5.91 Å². The number of nitrogens with zero attached hydrogens (tertiary/aromatic N) is 1. The molecule has 0 bridgehead atoms. The van der Waals surface area contributed by atoms with Crippen molar-refractivity contribution in [3.8, 4) is 0 Å². The van der Waals surface area contributed by atoms with Gasteiger partial charge < -0.3 is 10.4 Å². The van der Waals surface area contributed by atoms with Crippen molar-refractivity contribution >= 4 is 39.1 Å². The number of amides is 1. The zero-order valence-electron chi connectivity index (χ0n) is 15.4. The van der Waals surface area contributed by atoms with Crippen LogP contribution in [0.25, 0.3) is 10.2 Å². The van der Waals surface area contributed by atoms with Gasteiger partial charge in [-0.3, -0.25) is 9.59 Å². The summed E-state index contributed by atoms with van der Waals surface area (Å²) in [5.41, 5.74) is 2.96. The molecule has 5 nitrogen and oxygen atoms in total. The third-order valence-electron chi connectivity index (χ3n) is 5.36. The summed E-state index contributed by atoms with van der Waals surface area (Å²) in [6, 6.07) is 16.0. The van der Waals surface area contributed by atoms with Gasteiger partial charge in [0.25, 0.3) is 0 Å². The minimum absolute atomic E-state index is 0.0113. The van der Waals surface area contributed by atoms with E-state index < -0.39 is 5.97 Å². The number of nitrogens with one attached hydrogen (secondary N) is 1. The fourth-order valence-corrected chi connectivity index (χ4v) is 4.72. The molecule has 0 saturated heterocycles. The summed E-state index contributed by atoms with van der Waals surface area (Å²) in [5, 5.41) is 13.1. The fourth-order valence-electron chi connectivity index (χ4n) is 3.72. The maximum absolute atomic E-state index is 12.5. The molecule has 0 aliphatic heterocycles. The number of rotatable bonds is 5. The molecule has 3 aromatic rings. The van der Waals surface area contributed by atoms with E-state index in [1.165, 1.54) is 4.70 Å². The van der Waals surface area contributed by atoms with Crippen LogP contribution < -0.4 is 5.32 Å². The molecule has 0 atom stereocenters. The van der Waals surface area contributed by atoms with Gasteiger partial charge >= 0.3 is 5.97 Å². The lowest BCUT2D eigenvalue weighted by Crippen LogP contribution is -2.29. The van der Waals surface area contributed by atoms with Crippen molar-refractivity contribution in [1.82, 2.24) is 4.98 Å². The molecule has 1 aliphatic rings. The first-order valence-corrected chi connectivity index (χ1v) is 10.4. The van der Waals surface area contributed by atoms with Crippen LogP contribution in [0.4, 0.5) is 5.69 Å². The smallest absolute Gasteiger partial charge is 0.306 e. The number of aliphatic carboxylic acids is 1. The topological polar surface area (TPSA) is 79.3 Å². The molecule has 4 rings (SSSR count). The summed E-state index contributed by atoms with van der Waals surface area (Å²) in [6.45, 7) is 0. The first-order chi connectivity index (χ1) is 13.6. The predicted molar refractivity (Wildman–Crippen MR) is 111 cm³/mol. The molecule has 2 N–H and O–H groups in total. The lowest BCUT2D eigenvalue weighted by molar-refractivity contribution is -0.143. The zero-order valence-corrected chi connectivity index (χ0v) is 16.2. The summed E-state index contributed by atoms with van der Waals surface area (Å²) in [6.07, 6.45) is 3.20. The Balaban J connectivity index is 1.34. The third kappa shape index (κ3) is 4.22. The Kier molecular flexibility index (Phi) is 5.39. The van der Waals surface area contributed by atoms with Crippen molar-refractivity contribution in [2.45, 2.75) is 32.1 Å². The SMILES string of the molecule is O=C(O)C1CCC(C(=O)Nc2ccc(Cc3nc4ccccc4s3)cc2)CC1. The molecule has 1 heterocycles. The Hall–Kier alpha value is -2.73. The van der Waals surface area contributed by atoms with Crippen LogP contribution in [-0.4, -0.2) is 22.0 Å². The number of carbonyl (C=O) groups excluding carboxylic acids is 1. The molecule has 1 aromatic heterocycles. The lowest BCUT2D eigenvalue weighted by atomic mass is 9.81. The van der Waals surface area contributed by atoms with Crippen molar-refractivity contribution in [3.63, 3.8) is 0 Å². The maximum atomic E-state index is 12.5. The summed E-state index contributed by atoms with van der Waals surface area (Å²) in [7, 11) is 0. The highest BCUT2D eigenvalue weighted by Crippen LogP contribution is 2.30. The van der Waals surface area contributed by atoms with Gasteiger partial charge in [-0.15, -0.1) is 11.3 Å². The number of fused-ring (bicyclic) bond motifs is 1. The molecule has 144 valence electrons. The second-order valence-corrected chi connectivity index (χ2v) is 8.44. The lowest BCUT2D eigenvalue weighted by Gasteiger charge is -2.25. The average molecular weight is 394 g/mol. The highest BCUT2D eigenvalue weighted by Gasteiger charge is 2.29. The molecule has 6 heteroatoms. The van der Waals surface area contributed by atoms with Crippen LogP contribution in [0.5, 0.6) is 0 Å². The summed E-state index contributed by atoms with van der Waals surface area (Å²) < 4.78 is 1.19. The average Bonchev–Trinajstić information content (AvgIpc) is 3.12. The number of benzene rings is 2. The van der Waals surface area contributed by atoms with Gasteiger partial charge in [0, 0.05) is 18.0 Å². The minimum Gasteiger partial charge on any atom is -0.481 e.